The summed E-state index contributed by atoms with van der Waals surface area (Å²) in [6.07, 6.45) is 0. The Morgan fingerprint density at radius 3 is 1.88 bits per heavy atom. The quantitative estimate of drug-likeness (QED) is 0.264. The van der Waals surface area contributed by atoms with E-state index in [-0.39, 0.29) is 51.4 Å². The van der Waals surface area contributed by atoms with Crippen molar-refractivity contribution in [2.75, 3.05) is 7.11 Å². The van der Waals surface area contributed by atoms with E-state index >= 15 is 0 Å². The molecule has 0 aromatic heterocycles. The van der Waals surface area contributed by atoms with Crippen molar-refractivity contribution in [2.45, 2.75) is 0 Å². The van der Waals surface area contributed by atoms with Crippen LogP contribution in [0.15, 0.2) is 0 Å². The zero-order valence-corrected chi connectivity index (χ0v) is 7.80. The van der Waals surface area contributed by atoms with Gasteiger partial charge in [0.1, 0.15) is 0 Å². The number of esters is 1. The standard InChI is InChI=1S/C3H4O4.K/c1-7-3(6)2(4)5;/h1H3,(H,4,5);. The first-order valence-corrected chi connectivity index (χ1v) is 1.49. The number of carbonyl (C=O) groups is 2. The number of carboxylic acids is 1. The zero-order valence-electron chi connectivity index (χ0n) is 4.67. The molecule has 0 fully saturated rings. The molecule has 0 aliphatic rings. The molecule has 8 heavy (non-hydrogen) atoms. The average Bonchev–Trinajstić information content (AvgIpc) is 1.65. The van der Waals surface area contributed by atoms with Gasteiger partial charge in [0.15, 0.2) is 0 Å². The summed E-state index contributed by atoms with van der Waals surface area (Å²) in [5, 5.41) is 7.71. The maximum absolute atomic E-state index is 9.69. The van der Waals surface area contributed by atoms with Crippen molar-refractivity contribution in [1.29, 1.82) is 0 Å². The van der Waals surface area contributed by atoms with Crippen molar-refractivity contribution < 1.29 is 19.4 Å². The molecular weight excluding hydrogens is 139 g/mol. The SMILES string of the molecule is COC(=O)C(=O)O.[K]. The van der Waals surface area contributed by atoms with Gasteiger partial charge in [0.2, 0.25) is 0 Å². The Balaban J connectivity index is 0. The van der Waals surface area contributed by atoms with Crippen LogP contribution in [-0.2, 0) is 14.3 Å². The smallest absolute Gasteiger partial charge is 0.417 e. The van der Waals surface area contributed by atoms with E-state index in [1.807, 2.05) is 0 Å². The fourth-order valence-electron chi connectivity index (χ4n) is 0.0873. The number of methoxy groups -OCH3 is 1. The Labute approximate surface area is 88.6 Å². The van der Waals surface area contributed by atoms with Gasteiger partial charge in [-0.15, -0.1) is 0 Å². The largest absolute Gasteiger partial charge is 0.473 e. The average molecular weight is 143 g/mol. The fourth-order valence-corrected chi connectivity index (χ4v) is 0.0873. The first kappa shape index (κ1) is 11.4. The van der Waals surface area contributed by atoms with Crippen molar-refractivity contribution in [3.05, 3.63) is 0 Å². The van der Waals surface area contributed by atoms with Gasteiger partial charge >= 0.3 is 11.9 Å². The number of aliphatic carboxylic acids is 1. The van der Waals surface area contributed by atoms with Crippen LogP contribution in [0.4, 0.5) is 0 Å². The monoisotopic (exact) mass is 143 g/mol. The summed E-state index contributed by atoms with van der Waals surface area (Å²) < 4.78 is 3.77. The molecule has 0 aromatic rings. The molecule has 41 valence electrons. The van der Waals surface area contributed by atoms with E-state index in [1.165, 1.54) is 0 Å². The third-order valence-corrected chi connectivity index (χ3v) is 0.360. The van der Waals surface area contributed by atoms with Crippen molar-refractivity contribution in [1.82, 2.24) is 0 Å². The van der Waals surface area contributed by atoms with E-state index in [4.69, 9.17) is 5.11 Å². The maximum atomic E-state index is 9.69. The molecule has 0 saturated heterocycles. The number of carboxylic acid groups (broad SMARTS) is 1. The second-order valence-electron chi connectivity index (χ2n) is 0.797. The molecule has 0 heterocycles. The Morgan fingerprint density at radius 1 is 1.50 bits per heavy atom. The molecule has 0 rings (SSSR count). The maximum Gasteiger partial charge on any atom is 0.417 e. The molecule has 0 aliphatic heterocycles. The molecule has 5 heteroatoms. The van der Waals surface area contributed by atoms with Crippen LogP contribution in [-0.4, -0.2) is 75.5 Å². The van der Waals surface area contributed by atoms with E-state index in [2.05, 4.69) is 4.74 Å². The van der Waals surface area contributed by atoms with Gasteiger partial charge in [-0.25, -0.2) is 9.59 Å². The summed E-state index contributed by atoms with van der Waals surface area (Å²) in [6, 6.07) is 0. The van der Waals surface area contributed by atoms with Crippen LogP contribution in [0.2, 0.25) is 0 Å². The molecule has 0 amide bonds. The Bertz CT molecular complexity index is 99.5. The first-order chi connectivity index (χ1) is 3.18. The van der Waals surface area contributed by atoms with Crippen LogP contribution >= 0.6 is 0 Å². The minimum Gasteiger partial charge on any atom is -0.473 e. The van der Waals surface area contributed by atoms with Crippen LogP contribution < -0.4 is 0 Å². The van der Waals surface area contributed by atoms with Gasteiger partial charge in [0.25, 0.3) is 0 Å². The van der Waals surface area contributed by atoms with Gasteiger partial charge in [-0.1, -0.05) is 0 Å². The molecule has 0 atom stereocenters. The second kappa shape index (κ2) is 5.71. The molecule has 0 spiro atoms. The van der Waals surface area contributed by atoms with Gasteiger partial charge < -0.3 is 9.84 Å². The predicted octanol–water partition coefficient (Wildman–Crippen LogP) is -1.14. The molecule has 0 aromatic carbocycles. The summed E-state index contributed by atoms with van der Waals surface area (Å²) in [4.78, 5) is 19.1. The molecule has 0 unspecified atom stereocenters. The van der Waals surface area contributed by atoms with E-state index in [1.54, 1.807) is 0 Å². The van der Waals surface area contributed by atoms with Gasteiger partial charge in [-0.3, -0.25) is 0 Å². The van der Waals surface area contributed by atoms with Gasteiger partial charge in [-0.05, 0) is 0 Å². The molecule has 4 nitrogen and oxygen atoms in total. The molecular formula is C3H4KO4. The summed E-state index contributed by atoms with van der Waals surface area (Å²) in [5.41, 5.74) is 0. The molecule has 0 saturated carbocycles. The Kier molecular flexibility index (Phi) is 8.12. The molecule has 1 radical (unpaired) electrons. The number of hydrogen-bond acceptors (Lipinski definition) is 3. The van der Waals surface area contributed by atoms with Crippen molar-refractivity contribution in [2.24, 2.45) is 0 Å². The normalized spacial score (nSPS) is 6.62. The number of ether oxygens (including phenoxy) is 1. The summed E-state index contributed by atoms with van der Waals surface area (Å²) in [7, 11) is 1.01. The summed E-state index contributed by atoms with van der Waals surface area (Å²) >= 11 is 0. The van der Waals surface area contributed by atoms with E-state index in [0.29, 0.717) is 0 Å². The molecule has 0 bridgehead atoms. The third-order valence-electron chi connectivity index (χ3n) is 0.360. The first-order valence-electron chi connectivity index (χ1n) is 1.49. The number of rotatable bonds is 0. The number of carbonyl (C=O) groups excluding carboxylic acids is 1. The fraction of sp³-hybridized carbons (Fsp3) is 0.333. The number of hydrogen-bond donors (Lipinski definition) is 1. The summed E-state index contributed by atoms with van der Waals surface area (Å²) in [5.74, 6) is -2.80. The van der Waals surface area contributed by atoms with Crippen LogP contribution in [0.1, 0.15) is 0 Å². The zero-order chi connectivity index (χ0) is 5.86. The van der Waals surface area contributed by atoms with E-state index in [0.717, 1.165) is 7.11 Å². The van der Waals surface area contributed by atoms with Crippen molar-refractivity contribution in [3.8, 4) is 0 Å². The predicted molar refractivity (Wildman–Crippen MR) is 25.4 cm³/mol. The minimum absolute atomic E-state index is 0. The Morgan fingerprint density at radius 2 is 1.88 bits per heavy atom. The van der Waals surface area contributed by atoms with Crippen LogP contribution in [0.5, 0.6) is 0 Å². The topological polar surface area (TPSA) is 63.6 Å². The van der Waals surface area contributed by atoms with Gasteiger partial charge in [0.05, 0.1) is 7.11 Å². The second-order valence-corrected chi connectivity index (χ2v) is 0.797. The van der Waals surface area contributed by atoms with Crippen LogP contribution in [0.25, 0.3) is 0 Å². The summed E-state index contributed by atoms with van der Waals surface area (Å²) in [6.45, 7) is 0. The van der Waals surface area contributed by atoms with Crippen molar-refractivity contribution in [3.63, 3.8) is 0 Å². The van der Waals surface area contributed by atoms with Crippen molar-refractivity contribution >= 4 is 63.3 Å². The van der Waals surface area contributed by atoms with E-state index < -0.39 is 11.9 Å². The minimum atomic E-state index is -1.57. The van der Waals surface area contributed by atoms with Gasteiger partial charge in [-0.2, -0.15) is 0 Å². The van der Waals surface area contributed by atoms with Gasteiger partial charge in [0, 0.05) is 51.4 Å². The Hall–Kier alpha value is 0.576. The third kappa shape index (κ3) is 4.73. The van der Waals surface area contributed by atoms with Crippen LogP contribution in [0, 0.1) is 0 Å². The van der Waals surface area contributed by atoms with Crippen LogP contribution in [0.3, 0.4) is 0 Å². The molecule has 1 N–H and O–H groups in total. The molecule has 0 aliphatic carbocycles. The van der Waals surface area contributed by atoms with E-state index in [9.17, 15) is 9.59 Å².